The molecule has 0 unspecified atom stereocenters. The van der Waals surface area contributed by atoms with Crippen LogP contribution in [0.4, 0.5) is 5.82 Å². The summed E-state index contributed by atoms with van der Waals surface area (Å²) in [6, 6.07) is 13.8. The van der Waals surface area contributed by atoms with Crippen molar-refractivity contribution in [3.05, 3.63) is 54.1 Å². The van der Waals surface area contributed by atoms with Crippen LogP contribution in [0, 0.1) is 0 Å². The number of aromatic nitrogens is 1. The summed E-state index contributed by atoms with van der Waals surface area (Å²) in [5, 5.41) is 21.8. The minimum Gasteiger partial charge on any atom is -0.478 e. The van der Waals surface area contributed by atoms with Crippen LogP contribution in [0.5, 0.6) is 0 Å². The third kappa shape index (κ3) is 4.90. The lowest BCUT2D eigenvalue weighted by atomic mass is 9.93. The lowest BCUT2D eigenvalue weighted by Gasteiger charge is -2.26. The van der Waals surface area contributed by atoms with Gasteiger partial charge in [-0.15, -0.1) is 0 Å². The van der Waals surface area contributed by atoms with Crippen molar-refractivity contribution < 1.29 is 15.0 Å². The number of benzene rings is 1. The molecule has 1 saturated carbocycles. The van der Waals surface area contributed by atoms with Gasteiger partial charge in [-0.05, 0) is 55.5 Å². The van der Waals surface area contributed by atoms with Gasteiger partial charge in [0.05, 0.1) is 11.8 Å². The maximum absolute atomic E-state index is 10.7. The van der Waals surface area contributed by atoms with E-state index in [1.54, 1.807) is 6.08 Å². The van der Waals surface area contributed by atoms with Crippen LogP contribution in [0.2, 0.25) is 0 Å². The van der Waals surface area contributed by atoms with Gasteiger partial charge >= 0.3 is 5.97 Å². The van der Waals surface area contributed by atoms with Crippen LogP contribution in [0.25, 0.3) is 17.3 Å². The maximum atomic E-state index is 10.7. The fraction of sp³-hybridized carbons (Fsp3) is 0.300. The summed E-state index contributed by atoms with van der Waals surface area (Å²) in [6.07, 6.45) is 6.08. The number of rotatable bonds is 5. The number of pyridine rings is 1. The number of anilines is 1. The van der Waals surface area contributed by atoms with Crippen molar-refractivity contribution in [2.24, 2.45) is 0 Å². The summed E-state index contributed by atoms with van der Waals surface area (Å²) in [5.74, 6) is -0.141. The van der Waals surface area contributed by atoms with Gasteiger partial charge in [-0.3, -0.25) is 0 Å². The third-order valence-corrected chi connectivity index (χ3v) is 4.40. The molecular formula is C20H22N2O3. The molecule has 3 rings (SSSR count). The highest BCUT2D eigenvalue weighted by Gasteiger charge is 2.19. The first-order valence-electron chi connectivity index (χ1n) is 8.53. The monoisotopic (exact) mass is 338 g/mol. The van der Waals surface area contributed by atoms with Crippen LogP contribution in [0.3, 0.4) is 0 Å². The fourth-order valence-corrected chi connectivity index (χ4v) is 3.07. The van der Waals surface area contributed by atoms with Crippen molar-refractivity contribution in [1.29, 1.82) is 0 Å². The van der Waals surface area contributed by atoms with E-state index in [-0.39, 0.29) is 6.10 Å². The van der Waals surface area contributed by atoms with E-state index in [9.17, 15) is 9.90 Å². The first-order valence-corrected chi connectivity index (χ1v) is 8.53. The van der Waals surface area contributed by atoms with Crippen LogP contribution >= 0.6 is 0 Å². The molecule has 1 heterocycles. The number of carbonyl (C=O) groups is 1. The Morgan fingerprint density at radius 2 is 1.88 bits per heavy atom. The standard InChI is InChI=1S/C20H22N2O3/c23-17-10-8-16(9-11-17)21-19-6-2-5-18(22-19)15-4-1-3-14(13-15)7-12-20(24)25/h1-7,12-13,16-17,23H,8-11H2,(H,21,22)(H,24,25)/b12-7+/t16-,17+. The first kappa shape index (κ1) is 17.2. The SMILES string of the molecule is O=C(O)/C=C/c1cccc(-c2cccc(N[C@H]3CC[C@@H](O)CC3)n2)c1. The summed E-state index contributed by atoms with van der Waals surface area (Å²) in [4.78, 5) is 15.3. The molecule has 1 aromatic carbocycles. The van der Waals surface area contributed by atoms with Crippen molar-refractivity contribution in [3.8, 4) is 11.3 Å². The molecule has 1 aliphatic carbocycles. The highest BCUT2D eigenvalue weighted by atomic mass is 16.4. The van der Waals surface area contributed by atoms with Gasteiger partial charge in [-0.1, -0.05) is 24.3 Å². The molecule has 2 aromatic rings. The summed E-state index contributed by atoms with van der Waals surface area (Å²) in [7, 11) is 0. The average Bonchev–Trinajstić information content (AvgIpc) is 2.62. The van der Waals surface area contributed by atoms with Crippen molar-refractivity contribution in [2.75, 3.05) is 5.32 Å². The van der Waals surface area contributed by atoms with Crippen molar-refractivity contribution in [2.45, 2.75) is 37.8 Å². The van der Waals surface area contributed by atoms with Gasteiger partial charge in [0.1, 0.15) is 5.82 Å². The van der Waals surface area contributed by atoms with E-state index >= 15 is 0 Å². The molecule has 0 spiro atoms. The van der Waals surface area contributed by atoms with E-state index in [1.165, 1.54) is 0 Å². The second-order valence-corrected chi connectivity index (χ2v) is 6.35. The molecule has 0 bridgehead atoms. The van der Waals surface area contributed by atoms with Gasteiger partial charge in [0, 0.05) is 17.7 Å². The zero-order chi connectivity index (χ0) is 17.6. The maximum Gasteiger partial charge on any atom is 0.328 e. The first-order chi connectivity index (χ1) is 12.1. The number of aliphatic hydroxyl groups excluding tert-OH is 1. The molecule has 0 amide bonds. The predicted molar refractivity (Wildman–Crippen MR) is 98.2 cm³/mol. The Labute approximate surface area is 147 Å². The molecular weight excluding hydrogens is 316 g/mol. The zero-order valence-corrected chi connectivity index (χ0v) is 13.9. The number of carboxylic acids is 1. The smallest absolute Gasteiger partial charge is 0.328 e. The third-order valence-electron chi connectivity index (χ3n) is 4.40. The van der Waals surface area contributed by atoms with E-state index in [2.05, 4.69) is 10.3 Å². The van der Waals surface area contributed by atoms with Gasteiger partial charge in [-0.25, -0.2) is 9.78 Å². The molecule has 5 heteroatoms. The molecule has 1 fully saturated rings. The van der Waals surface area contributed by atoms with Crippen LogP contribution < -0.4 is 5.32 Å². The molecule has 0 aliphatic heterocycles. The van der Waals surface area contributed by atoms with Crippen molar-refractivity contribution in [1.82, 2.24) is 4.98 Å². The van der Waals surface area contributed by atoms with Gasteiger partial charge in [-0.2, -0.15) is 0 Å². The summed E-state index contributed by atoms with van der Waals surface area (Å²) in [5.41, 5.74) is 2.60. The fourth-order valence-electron chi connectivity index (χ4n) is 3.07. The number of hydrogen-bond donors (Lipinski definition) is 3. The lowest BCUT2D eigenvalue weighted by molar-refractivity contribution is -0.131. The molecule has 0 atom stereocenters. The van der Waals surface area contributed by atoms with Crippen LogP contribution in [-0.2, 0) is 4.79 Å². The molecule has 1 aliphatic rings. The molecule has 0 radical (unpaired) electrons. The normalized spacial score (nSPS) is 20.5. The van der Waals surface area contributed by atoms with Crippen LogP contribution in [0.15, 0.2) is 48.5 Å². The largest absolute Gasteiger partial charge is 0.478 e. The van der Waals surface area contributed by atoms with Crippen molar-refractivity contribution in [3.63, 3.8) is 0 Å². The van der Waals surface area contributed by atoms with Gasteiger partial charge in [0.15, 0.2) is 0 Å². The molecule has 130 valence electrons. The number of aliphatic carboxylic acids is 1. The Balaban J connectivity index is 1.75. The minimum atomic E-state index is -0.965. The minimum absolute atomic E-state index is 0.168. The number of hydrogen-bond acceptors (Lipinski definition) is 4. The quantitative estimate of drug-likeness (QED) is 0.726. The van der Waals surface area contributed by atoms with Gasteiger partial charge in [0.25, 0.3) is 0 Å². The van der Waals surface area contributed by atoms with Crippen LogP contribution in [0.1, 0.15) is 31.2 Å². The predicted octanol–water partition coefficient (Wildman–Crippen LogP) is 3.56. The Kier molecular flexibility index (Phi) is 5.46. The lowest BCUT2D eigenvalue weighted by Crippen LogP contribution is -2.28. The summed E-state index contributed by atoms with van der Waals surface area (Å²) in [6.45, 7) is 0. The second-order valence-electron chi connectivity index (χ2n) is 6.35. The number of nitrogens with one attached hydrogen (secondary N) is 1. The average molecular weight is 338 g/mol. The molecule has 1 aromatic heterocycles. The Morgan fingerprint density at radius 3 is 2.64 bits per heavy atom. The van der Waals surface area contributed by atoms with Crippen LogP contribution in [-0.4, -0.2) is 33.3 Å². The molecule has 5 nitrogen and oxygen atoms in total. The van der Waals surface area contributed by atoms with E-state index < -0.39 is 5.97 Å². The van der Waals surface area contributed by atoms with E-state index in [0.29, 0.717) is 6.04 Å². The van der Waals surface area contributed by atoms with Gasteiger partial charge in [0.2, 0.25) is 0 Å². The highest BCUT2D eigenvalue weighted by Crippen LogP contribution is 2.24. The number of nitrogens with zero attached hydrogens (tertiary/aromatic N) is 1. The van der Waals surface area contributed by atoms with Crippen molar-refractivity contribution >= 4 is 17.9 Å². The van der Waals surface area contributed by atoms with E-state index in [0.717, 1.165) is 54.4 Å². The summed E-state index contributed by atoms with van der Waals surface area (Å²) >= 11 is 0. The topological polar surface area (TPSA) is 82.5 Å². The second kappa shape index (κ2) is 7.94. The van der Waals surface area contributed by atoms with Gasteiger partial charge < -0.3 is 15.5 Å². The van der Waals surface area contributed by atoms with E-state index in [4.69, 9.17) is 5.11 Å². The molecule has 0 saturated heterocycles. The van der Waals surface area contributed by atoms with E-state index in [1.807, 2.05) is 42.5 Å². The Bertz CT molecular complexity index is 765. The Hall–Kier alpha value is -2.66. The Morgan fingerprint density at radius 1 is 1.12 bits per heavy atom. The molecule has 25 heavy (non-hydrogen) atoms. The number of carboxylic acid groups (broad SMARTS) is 1. The highest BCUT2D eigenvalue weighted by molar-refractivity contribution is 5.85. The number of aliphatic hydroxyl groups is 1. The zero-order valence-electron chi connectivity index (χ0n) is 13.9. The summed E-state index contributed by atoms with van der Waals surface area (Å²) < 4.78 is 0. The molecule has 3 N–H and O–H groups in total.